The van der Waals surface area contributed by atoms with Crippen LogP contribution in [0, 0.1) is 0 Å². The Morgan fingerprint density at radius 1 is 1.14 bits per heavy atom. The van der Waals surface area contributed by atoms with Crippen molar-refractivity contribution in [2.45, 2.75) is 6.42 Å². The molecule has 6 heteroatoms. The van der Waals surface area contributed by atoms with Gasteiger partial charge in [0.2, 0.25) is 5.91 Å². The van der Waals surface area contributed by atoms with E-state index in [-0.39, 0.29) is 18.1 Å². The van der Waals surface area contributed by atoms with Gasteiger partial charge < -0.3 is 19.1 Å². The monoisotopic (exact) mass is 293 g/mol. The first-order valence-corrected chi connectivity index (χ1v) is 6.76. The van der Waals surface area contributed by atoms with E-state index in [1.165, 1.54) is 14.2 Å². The molecule has 1 heterocycles. The zero-order valence-electron chi connectivity index (χ0n) is 12.3. The van der Waals surface area contributed by atoms with Gasteiger partial charge in [0, 0.05) is 18.7 Å². The lowest BCUT2D eigenvalue weighted by atomic mass is 10.1. The highest BCUT2D eigenvalue weighted by Gasteiger charge is 2.21. The van der Waals surface area contributed by atoms with E-state index in [2.05, 4.69) is 0 Å². The molecule has 1 amide bonds. The minimum Gasteiger partial charge on any atom is -0.493 e. The quantitative estimate of drug-likeness (QED) is 0.601. The molecule has 114 valence electrons. The molecular formula is C15H19NO5. The van der Waals surface area contributed by atoms with Crippen LogP contribution in [-0.2, 0) is 9.53 Å². The van der Waals surface area contributed by atoms with E-state index in [1.807, 2.05) is 0 Å². The number of carbonyl (C=O) groups excluding carboxylic acids is 2. The van der Waals surface area contributed by atoms with Crippen LogP contribution in [0.2, 0.25) is 0 Å². The summed E-state index contributed by atoms with van der Waals surface area (Å²) in [4.78, 5) is 25.9. The van der Waals surface area contributed by atoms with Crippen LogP contribution in [-0.4, -0.2) is 57.1 Å². The van der Waals surface area contributed by atoms with Gasteiger partial charge in [0.1, 0.15) is 0 Å². The van der Waals surface area contributed by atoms with Crippen LogP contribution in [0.15, 0.2) is 18.2 Å². The van der Waals surface area contributed by atoms with Gasteiger partial charge in [-0.2, -0.15) is 0 Å². The fraction of sp³-hybridized carbons (Fsp3) is 0.467. The second kappa shape index (κ2) is 7.08. The van der Waals surface area contributed by atoms with E-state index in [9.17, 15) is 9.59 Å². The lowest BCUT2D eigenvalue weighted by Gasteiger charge is -2.26. The number of nitrogens with zero attached hydrogens (tertiary/aromatic N) is 1. The van der Waals surface area contributed by atoms with Crippen LogP contribution in [0.25, 0.3) is 0 Å². The Kier molecular flexibility index (Phi) is 5.16. The Balaban J connectivity index is 2.04. The summed E-state index contributed by atoms with van der Waals surface area (Å²) in [5.41, 5.74) is 0.439. The van der Waals surface area contributed by atoms with Gasteiger partial charge in [0.15, 0.2) is 17.3 Å². The highest BCUT2D eigenvalue weighted by atomic mass is 16.5. The summed E-state index contributed by atoms with van der Waals surface area (Å²) in [5, 5.41) is 0. The Morgan fingerprint density at radius 3 is 2.43 bits per heavy atom. The largest absolute Gasteiger partial charge is 0.493 e. The van der Waals surface area contributed by atoms with Crippen molar-refractivity contribution in [3.8, 4) is 11.5 Å². The van der Waals surface area contributed by atoms with E-state index >= 15 is 0 Å². The molecule has 1 aromatic carbocycles. The lowest BCUT2D eigenvalue weighted by Crippen LogP contribution is -2.41. The molecule has 1 aliphatic heterocycles. The fourth-order valence-corrected chi connectivity index (χ4v) is 2.17. The van der Waals surface area contributed by atoms with Gasteiger partial charge in [-0.25, -0.2) is 0 Å². The van der Waals surface area contributed by atoms with Crippen LogP contribution in [0.5, 0.6) is 11.5 Å². The van der Waals surface area contributed by atoms with Gasteiger partial charge in [-0.3, -0.25) is 9.59 Å². The standard InChI is InChI=1S/C15H19NO5/c1-19-13-4-3-11(9-14(13)20-2)12(17)10-15(18)16-5-7-21-8-6-16/h3-4,9H,5-8,10H2,1-2H3. The number of carbonyl (C=O) groups is 2. The molecule has 0 radical (unpaired) electrons. The molecule has 0 aromatic heterocycles. The van der Waals surface area contributed by atoms with Crippen molar-refractivity contribution in [2.24, 2.45) is 0 Å². The zero-order valence-corrected chi connectivity index (χ0v) is 12.3. The Hall–Kier alpha value is -2.08. The SMILES string of the molecule is COc1ccc(C(=O)CC(=O)N2CCOCC2)cc1OC. The highest BCUT2D eigenvalue weighted by Crippen LogP contribution is 2.28. The molecule has 0 N–H and O–H groups in total. The van der Waals surface area contributed by atoms with Crippen molar-refractivity contribution in [2.75, 3.05) is 40.5 Å². The third-order valence-corrected chi connectivity index (χ3v) is 3.38. The van der Waals surface area contributed by atoms with Crippen molar-refractivity contribution in [3.63, 3.8) is 0 Å². The number of ether oxygens (including phenoxy) is 3. The van der Waals surface area contributed by atoms with Gasteiger partial charge in [0.25, 0.3) is 0 Å². The summed E-state index contributed by atoms with van der Waals surface area (Å²) in [6.07, 6.45) is -0.143. The topological polar surface area (TPSA) is 65.1 Å². The van der Waals surface area contributed by atoms with Crippen LogP contribution in [0.4, 0.5) is 0 Å². The average Bonchev–Trinajstić information content (AvgIpc) is 2.54. The number of rotatable bonds is 5. The molecule has 0 saturated carbocycles. The summed E-state index contributed by atoms with van der Waals surface area (Å²) >= 11 is 0. The van der Waals surface area contributed by atoms with Crippen LogP contribution in [0.1, 0.15) is 16.8 Å². The maximum atomic E-state index is 12.2. The number of morpholine rings is 1. The van der Waals surface area contributed by atoms with Crippen molar-refractivity contribution < 1.29 is 23.8 Å². The number of hydrogen-bond donors (Lipinski definition) is 0. The molecule has 6 nitrogen and oxygen atoms in total. The lowest BCUT2D eigenvalue weighted by molar-refractivity contribution is -0.134. The number of methoxy groups -OCH3 is 2. The summed E-state index contributed by atoms with van der Waals surface area (Å²) in [6, 6.07) is 4.88. The van der Waals surface area contributed by atoms with E-state index in [4.69, 9.17) is 14.2 Å². The third kappa shape index (κ3) is 3.72. The molecule has 0 aliphatic carbocycles. The van der Waals surface area contributed by atoms with E-state index in [0.717, 1.165) is 0 Å². The fourth-order valence-electron chi connectivity index (χ4n) is 2.17. The van der Waals surface area contributed by atoms with Gasteiger partial charge in [-0.05, 0) is 18.2 Å². The number of amides is 1. The molecule has 1 saturated heterocycles. The molecule has 1 fully saturated rings. The van der Waals surface area contributed by atoms with Crippen molar-refractivity contribution in [1.29, 1.82) is 0 Å². The molecule has 0 bridgehead atoms. The predicted molar refractivity (Wildman–Crippen MR) is 75.9 cm³/mol. The summed E-state index contributed by atoms with van der Waals surface area (Å²) in [7, 11) is 3.03. The molecule has 0 atom stereocenters. The van der Waals surface area contributed by atoms with E-state index in [0.29, 0.717) is 43.4 Å². The first-order chi connectivity index (χ1) is 10.2. The average molecular weight is 293 g/mol. The summed E-state index contributed by atoms with van der Waals surface area (Å²) in [6.45, 7) is 2.13. The smallest absolute Gasteiger partial charge is 0.230 e. The molecule has 0 spiro atoms. The molecule has 21 heavy (non-hydrogen) atoms. The maximum absolute atomic E-state index is 12.2. The predicted octanol–water partition coefficient (Wildman–Crippen LogP) is 1.14. The first kappa shape index (κ1) is 15.3. The van der Waals surface area contributed by atoms with Crippen molar-refractivity contribution >= 4 is 11.7 Å². The van der Waals surface area contributed by atoms with Gasteiger partial charge >= 0.3 is 0 Å². The second-order valence-electron chi connectivity index (χ2n) is 4.66. The number of benzene rings is 1. The molecule has 1 aliphatic rings. The normalized spacial score (nSPS) is 14.7. The van der Waals surface area contributed by atoms with Crippen molar-refractivity contribution in [1.82, 2.24) is 4.90 Å². The Morgan fingerprint density at radius 2 is 1.81 bits per heavy atom. The minimum atomic E-state index is -0.229. The Labute approximate surface area is 123 Å². The highest BCUT2D eigenvalue weighted by molar-refractivity contribution is 6.07. The third-order valence-electron chi connectivity index (χ3n) is 3.38. The van der Waals surface area contributed by atoms with Gasteiger partial charge in [-0.15, -0.1) is 0 Å². The summed E-state index contributed by atoms with van der Waals surface area (Å²) in [5.74, 6) is 0.626. The molecular weight excluding hydrogens is 274 g/mol. The van der Waals surface area contributed by atoms with E-state index in [1.54, 1.807) is 23.1 Å². The van der Waals surface area contributed by atoms with Crippen LogP contribution < -0.4 is 9.47 Å². The van der Waals surface area contributed by atoms with Gasteiger partial charge in [0.05, 0.1) is 33.9 Å². The zero-order chi connectivity index (χ0) is 15.2. The Bertz CT molecular complexity index is 523. The van der Waals surface area contributed by atoms with Gasteiger partial charge in [-0.1, -0.05) is 0 Å². The van der Waals surface area contributed by atoms with Crippen LogP contribution in [0.3, 0.4) is 0 Å². The number of ketones is 1. The van der Waals surface area contributed by atoms with E-state index < -0.39 is 0 Å². The minimum absolute atomic E-state index is 0.143. The van der Waals surface area contributed by atoms with Crippen LogP contribution >= 0.6 is 0 Å². The van der Waals surface area contributed by atoms with Crippen molar-refractivity contribution in [3.05, 3.63) is 23.8 Å². The first-order valence-electron chi connectivity index (χ1n) is 6.76. The molecule has 0 unspecified atom stereocenters. The second-order valence-corrected chi connectivity index (χ2v) is 4.66. The maximum Gasteiger partial charge on any atom is 0.230 e. The molecule has 1 aromatic rings. The summed E-state index contributed by atoms with van der Waals surface area (Å²) < 4.78 is 15.5. The molecule has 2 rings (SSSR count). The number of Topliss-reactive ketones (excluding diaryl/α,β-unsaturated/α-hetero) is 1. The number of hydrogen-bond acceptors (Lipinski definition) is 5.